The molecule has 1 heterocycles. The second kappa shape index (κ2) is 9.35. The van der Waals surface area contributed by atoms with Crippen LogP contribution in [0, 0.1) is 5.92 Å². The van der Waals surface area contributed by atoms with E-state index in [4.69, 9.17) is 4.74 Å². The number of nitrogens with one attached hydrogen (secondary N) is 1. The Kier molecular flexibility index (Phi) is 8.15. The molecule has 0 aromatic heterocycles. The first-order valence-electron chi connectivity index (χ1n) is 8.24. The molecule has 118 valence electrons. The fourth-order valence-electron chi connectivity index (χ4n) is 2.61. The molecule has 0 saturated carbocycles. The Labute approximate surface area is 124 Å². The van der Waals surface area contributed by atoms with Gasteiger partial charge in [0.15, 0.2) is 0 Å². The van der Waals surface area contributed by atoms with Crippen molar-refractivity contribution in [1.29, 1.82) is 0 Å². The molecule has 2 atom stereocenters. The average molecular weight is 284 g/mol. The molecule has 1 aliphatic rings. The number of hydrogen-bond acceptors (Lipinski definition) is 3. The third-order valence-electron chi connectivity index (χ3n) is 3.81. The molecule has 1 aliphatic heterocycles. The summed E-state index contributed by atoms with van der Waals surface area (Å²) in [7, 11) is 0. The van der Waals surface area contributed by atoms with Crippen LogP contribution in [0.25, 0.3) is 0 Å². The number of carbonyl (C=O) groups is 1. The van der Waals surface area contributed by atoms with E-state index in [9.17, 15) is 4.79 Å². The molecule has 20 heavy (non-hydrogen) atoms. The van der Waals surface area contributed by atoms with E-state index in [2.05, 4.69) is 33.0 Å². The smallest absolute Gasteiger partial charge is 0.241 e. The maximum atomic E-state index is 12.4. The van der Waals surface area contributed by atoms with Crippen LogP contribution in [-0.2, 0) is 9.53 Å². The maximum absolute atomic E-state index is 12.4. The molecule has 0 aliphatic carbocycles. The van der Waals surface area contributed by atoms with E-state index >= 15 is 0 Å². The van der Waals surface area contributed by atoms with Crippen LogP contribution < -0.4 is 5.32 Å². The van der Waals surface area contributed by atoms with Crippen molar-refractivity contribution in [1.82, 2.24) is 10.2 Å². The molecule has 1 amide bonds. The molecule has 0 aromatic rings. The van der Waals surface area contributed by atoms with Crippen LogP contribution in [0.4, 0.5) is 0 Å². The van der Waals surface area contributed by atoms with Crippen molar-refractivity contribution < 1.29 is 9.53 Å². The third-order valence-corrected chi connectivity index (χ3v) is 3.81. The molecule has 1 fully saturated rings. The van der Waals surface area contributed by atoms with Gasteiger partial charge in [-0.05, 0) is 25.2 Å². The van der Waals surface area contributed by atoms with E-state index in [1.165, 1.54) is 0 Å². The molecule has 0 aromatic carbocycles. The van der Waals surface area contributed by atoms with Crippen LogP contribution in [0.5, 0.6) is 0 Å². The first-order chi connectivity index (χ1) is 9.60. The van der Waals surface area contributed by atoms with Crippen LogP contribution in [0.1, 0.15) is 59.8 Å². The first-order valence-corrected chi connectivity index (χ1v) is 8.24. The Balaban J connectivity index is 2.37. The zero-order valence-electron chi connectivity index (χ0n) is 13.7. The van der Waals surface area contributed by atoms with Gasteiger partial charge in [-0.25, -0.2) is 0 Å². The summed E-state index contributed by atoms with van der Waals surface area (Å²) >= 11 is 0. The highest BCUT2D eigenvalue weighted by Gasteiger charge is 2.37. The molecule has 4 heteroatoms. The van der Waals surface area contributed by atoms with Gasteiger partial charge in [-0.3, -0.25) is 10.1 Å². The monoisotopic (exact) mass is 284 g/mol. The third kappa shape index (κ3) is 5.41. The van der Waals surface area contributed by atoms with Crippen molar-refractivity contribution in [2.45, 2.75) is 72.0 Å². The Bertz CT molecular complexity index is 282. The minimum absolute atomic E-state index is 0.0206. The highest BCUT2D eigenvalue weighted by Crippen LogP contribution is 2.17. The van der Waals surface area contributed by atoms with Gasteiger partial charge in [-0.1, -0.05) is 40.5 Å². The lowest BCUT2D eigenvalue weighted by Crippen LogP contribution is -2.39. The fraction of sp³-hybridized carbons (Fsp3) is 0.938. The van der Waals surface area contributed by atoms with Crippen molar-refractivity contribution in [2.24, 2.45) is 5.92 Å². The molecular formula is C16H32N2O2. The molecule has 1 N–H and O–H groups in total. The zero-order valence-corrected chi connectivity index (χ0v) is 13.7. The van der Waals surface area contributed by atoms with Gasteiger partial charge in [0.05, 0.1) is 18.8 Å². The van der Waals surface area contributed by atoms with E-state index in [-0.39, 0.29) is 18.1 Å². The molecule has 0 radical (unpaired) electrons. The Morgan fingerprint density at radius 3 is 2.50 bits per heavy atom. The Morgan fingerprint density at radius 1 is 1.20 bits per heavy atom. The molecule has 1 rings (SSSR count). The lowest BCUT2D eigenvalue weighted by atomic mass is 10.1. The van der Waals surface area contributed by atoms with Crippen LogP contribution in [0.2, 0.25) is 0 Å². The standard InChI is InChI=1S/C16H32N2O2/c1-5-7-14-16(19)18(15(17-14)8-6-2)10-12-20-11-9-13(3)4/h13-15,17H,5-12H2,1-4H3. The molecule has 4 nitrogen and oxygen atoms in total. The van der Waals surface area contributed by atoms with E-state index < -0.39 is 0 Å². The second-order valence-electron chi connectivity index (χ2n) is 6.14. The van der Waals surface area contributed by atoms with Crippen LogP contribution in [0.3, 0.4) is 0 Å². The van der Waals surface area contributed by atoms with Crippen LogP contribution in [-0.4, -0.2) is 42.8 Å². The molecule has 0 bridgehead atoms. The van der Waals surface area contributed by atoms with E-state index in [1.807, 2.05) is 4.90 Å². The van der Waals surface area contributed by atoms with Gasteiger partial charge in [0.2, 0.25) is 5.91 Å². The van der Waals surface area contributed by atoms with Gasteiger partial charge in [0.1, 0.15) is 0 Å². The van der Waals surface area contributed by atoms with Gasteiger partial charge >= 0.3 is 0 Å². The lowest BCUT2D eigenvalue weighted by molar-refractivity contribution is -0.131. The minimum Gasteiger partial charge on any atom is -0.380 e. The van der Waals surface area contributed by atoms with Crippen molar-refractivity contribution in [3.63, 3.8) is 0 Å². The first kappa shape index (κ1) is 17.4. The number of hydrogen-bond donors (Lipinski definition) is 1. The maximum Gasteiger partial charge on any atom is 0.241 e. The number of nitrogens with zero attached hydrogens (tertiary/aromatic N) is 1. The average Bonchev–Trinajstić information content (AvgIpc) is 2.67. The van der Waals surface area contributed by atoms with E-state index in [0.717, 1.165) is 45.3 Å². The summed E-state index contributed by atoms with van der Waals surface area (Å²) in [5.74, 6) is 0.935. The van der Waals surface area contributed by atoms with E-state index in [0.29, 0.717) is 12.5 Å². The van der Waals surface area contributed by atoms with Gasteiger partial charge in [-0.2, -0.15) is 0 Å². The van der Waals surface area contributed by atoms with Gasteiger partial charge in [0.25, 0.3) is 0 Å². The predicted octanol–water partition coefficient (Wildman–Crippen LogP) is 2.78. The van der Waals surface area contributed by atoms with Crippen molar-refractivity contribution in [3.8, 4) is 0 Å². The fourth-order valence-corrected chi connectivity index (χ4v) is 2.61. The predicted molar refractivity (Wildman–Crippen MR) is 82.5 cm³/mol. The number of rotatable bonds is 10. The summed E-state index contributed by atoms with van der Waals surface area (Å²) in [4.78, 5) is 14.3. The molecule has 0 spiro atoms. The highest BCUT2D eigenvalue weighted by molar-refractivity contribution is 5.84. The highest BCUT2D eigenvalue weighted by atomic mass is 16.5. The number of ether oxygens (including phenoxy) is 1. The number of amides is 1. The summed E-state index contributed by atoms with van der Waals surface area (Å²) in [6.07, 6.45) is 5.39. The largest absolute Gasteiger partial charge is 0.380 e. The number of carbonyl (C=O) groups excluding carboxylic acids is 1. The second-order valence-corrected chi connectivity index (χ2v) is 6.14. The van der Waals surface area contributed by atoms with Gasteiger partial charge < -0.3 is 9.64 Å². The summed E-state index contributed by atoms with van der Waals surface area (Å²) in [5, 5.41) is 3.47. The zero-order chi connectivity index (χ0) is 15.0. The summed E-state index contributed by atoms with van der Waals surface area (Å²) in [5.41, 5.74) is 0. The normalized spacial score (nSPS) is 23.1. The SMILES string of the molecule is CCCC1NC(CCC)N(CCOCCC(C)C)C1=O. The van der Waals surface area contributed by atoms with E-state index in [1.54, 1.807) is 0 Å². The lowest BCUT2D eigenvalue weighted by Gasteiger charge is -2.23. The minimum atomic E-state index is 0.0206. The van der Waals surface area contributed by atoms with Gasteiger partial charge in [-0.15, -0.1) is 0 Å². The quantitative estimate of drug-likeness (QED) is 0.627. The molecule has 1 saturated heterocycles. The van der Waals surface area contributed by atoms with Crippen molar-refractivity contribution in [2.75, 3.05) is 19.8 Å². The van der Waals surface area contributed by atoms with Crippen molar-refractivity contribution in [3.05, 3.63) is 0 Å². The van der Waals surface area contributed by atoms with Gasteiger partial charge in [0, 0.05) is 13.2 Å². The summed E-state index contributed by atoms with van der Waals surface area (Å²) in [6, 6.07) is 0.0206. The topological polar surface area (TPSA) is 41.6 Å². The van der Waals surface area contributed by atoms with Crippen molar-refractivity contribution >= 4 is 5.91 Å². The molecular weight excluding hydrogens is 252 g/mol. The Morgan fingerprint density at radius 2 is 1.90 bits per heavy atom. The Hall–Kier alpha value is -0.610. The van der Waals surface area contributed by atoms with Crippen LogP contribution in [0.15, 0.2) is 0 Å². The molecule has 2 unspecified atom stereocenters. The summed E-state index contributed by atoms with van der Waals surface area (Å²) in [6.45, 7) is 10.9. The van der Waals surface area contributed by atoms with Crippen LogP contribution >= 0.6 is 0 Å². The summed E-state index contributed by atoms with van der Waals surface area (Å²) < 4.78 is 5.65.